The molecule has 3 N–H and O–H groups in total. The second-order valence-corrected chi connectivity index (χ2v) is 0.100. The van der Waals surface area contributed by atoms with Gasteiger partial charge >= 0.3 is 0 Å². The Morgan fingerprint density at radius 3 is 1.40 bits per heavy atom. The van der Waals surface area contributed by atoms with Crippen LogP contribution in [0, 0.1) is 11.5 Å². The van der Waals surface area contributed by atoms with Gasteiger partial charge in [-0.05, 0) is 0 Å². The molecule has 0 unspecified atom stereocenters. The van der Waals surface area contributed by atoms with Gasteiger partial charge in [-0.3, -0.25) is 10.5 Å². The largest absolute Gasteiger partial charge is 0.443 e. The fraction of sp³-hybridized carbons (Fsp3) is 0. The lowest BCUT2D eigenvalue weighted by molar-refractivity contribution is -0.176. The topological polar surface area (TPSA) is 84.5 Å². The second kappa shape index (κ2) is 356. The van der Waals surface area contributed by atoms with Gasteiger partial charge in [-0.1, -0.05) is 0 Å². The molecule has 30 valence electrons. The number of aliphatic hydroxyl groups is 1. The van der Waals surface area contributed by atoms with E-state index in [4.69, 9.17) is 20.9 Å². The van der Waals surface area contributed by atoms with E-state index in [-0.39, 0.29) is 0 Å². The fourth-order valence-electron chi connectivity index (χ4n) is 0. The first kappa shape index (κ1) is 8.88. The second-order valence-electron chi connectivity index (χ2n) is 0.100. The van der Waals surface area contributed by atoms with Crippen molar-refractivity contribution in [2.24, 2.45) is 0 Å². The van der Waals surface area contributed by atoms with Crippen molar-refractivity contribution in [3.63, 3.8) is 0 Å². The summed E-state index contributed by atoms with van der Waals surface area (Å²) in [5.74, 6) is 0. The quantitative estimate of drug-likeness (QED) is 0.213. The zero-order valence-electron chi connectivity index (χ0n) is 2.29. The summed E-state index contributed by atoms with van der Waals surface area (Å²) in [5.41, 5.74) is 0. The van der Waals surface area contributed by atoms with Crippen LogP contribution in [0.3, 0.4) is 0 Å². The molecule has 0 bridgehead atoms. The van der Waals surface area contributed by atoms with E-state index >= 15 is 0 Å². The molecule has 0 heterocycles. The fourth-order valence-corrected chi connectivity index (χ4v) is 0. The Bertz CT molecular complexity index is 28.4. The maximum Gasteiger partial charge on any atom is 0.283 e. The van der Waals surface area contributed by atoms with Crippen molar-refractivity contribution in [1.29, 1.82) is 5.26 Å². The highest BCUT2D eigenvalue weighted by Gasteiger charge is 1.16. The van der Waals surface area contributed by atoms with Crippen LogP contribution in [0.4, 0.5) is 0 Å². The first-order valence-electron chi connectivity index (χ1n) is 0.647. The van der Waals surface area contributed by atoms with E-state index in [9.17, 15) is 0 Å². The molecule has 0 rings (SSSR count). The molecule has 0 aromatic heterocycles. The Morgan fingerprint density at radius 2 is 1.40 bits per heavy atom. The lowest BCUT2D eigenvalue weighted by Crippen LogP contribution is -1.29. The third kappa shape index (κ3) is 7.53. The third-order valence-corrected chi connectivity index (χ3v) is 0. The molecule has 0 amide bonds. The van der Waals surface area contributed by atoms with Gasteiger partial charge in [0.15, 0.2) is 0 Å². The SMILES string of the molecule is N#CO.OO. The van der Waals surface area contributed by atoms with Crippen molar-refractivity contribution in [3.8, 4) is 6.26 Å². The number of hydrogen-bond donors (Lipinski definition) is 3. The first-order valence-corrected chi connectivity index (χ1v) is 0.647. The summed E-state index contributed by atoms with van der Waals surface area (Å²) in [5, 5.41) is 25.8. The van der Waals surface area contributed by atoms with Gasteiger partial charge in [0.1, 0.15) is 0 Å². The summed E-state index contributed by atoms with van der Waals surface area (Å²) < 4.78 is 0. The van der Waals surface area contributed by atoms with Crippen LogP contribution in [0.5, 0.6) is 0 Å². The number of aliphatic hydroxyl groups excluding tert-OH is 1. The molecule has 0 atom stereocenters. The predicted octanol–water partition coefficient (Wildman–Crippen LogP) is -0.143. The molecular formula is CH3NO3. The molecule has 0 saturated heterocycles. The van der Waals surface area contributed by atoms with Crippen LogP contribution in [-0.2, 0) is 0 Å². The Labute approximate surface area is 28.4 Å². The summed E-state index contributed by atoms with van der Waals surface area (Å²) in [6.07, 6.45) is 0.750. The van der Waals surface area contributed by atoms with Crippen molar-refractivity contribution < 1.29 is 15.6 Å². The lowest BCUT2D eigenvalue weighted by Gasteiger charge is -1.25. The molecule has 0 aliphatic heterocycles. The molecular weight excluding hydrogens is 74.0 g/mol. The van der Waals surface area contributed by atoms with Crippen LogP contribution in [0.1, 0.15) is 0 Å². The predicted molar refractivity (Wildman–Crippen MR) is 12.8 cm³/mol. The lowest BCUT2D eigenvalue weighted by atomic mass is 11.6. The summed E-state index contributed by atoms with van der Waals surface area (Å²) in [7, 11) is 0. The van der Waals surface area contributed by atoms with Crippen LogP contribution in [0.25, 0.3) is 0 Å². The van der Waals surface area contributed by atoms with Crippen molar-refractivity contribution >= 4 is 0 Å². The first-order chi connectivity index (χ1) is 2.41. The Balaban J connectivity index is 0. The molecule has 0 saturated carbocycles. The Kier molecular flexibility index (Phi) is 632. The summed E-state index contributed by atoms with van der Waals surface area (Å²) in [4.78, 5) is 0. The Morgan fingerprint density at radius 1 is 1.40 bits per heavy atom. The van der Waals surface area contributed by atoms with Crippen molar-refractivity contribution in [2.45, 2.75) is 0 Å². The van der Waals surface area contributed by atoms with Gasteiger partial charge in [0.2, 0.25) is 0 Å². The zero-order chi connectivity index (χ0) is 4.71. The highest BCUT2D eigenvalue weighted by Crippen LogP contribution is 1.06. The molecule has 0 aliphatic carbocycles. The van der Waals surface area contributed by atoms with Crippen LogP contribution in [0.2, 0.25) is 0 Å². The monoisotopic (exact) mass is 77.0 g/mol. The van der Waals surface area contributed by atoms with E-state index < -0.39 is 0 Å². The molecule has 4 nitrogen and oxygen atoms in total. The van der Waals surface area contributed by atoms with Gasteiger partial charge in [-0.2, -0.15) is 5.26 Å². The standard InChI is InChI=1S/CHNO.H2O2/c2-1-3;1-2/h3H;1-2H. The van der Waals surface area contributed by atoms with Crippen molar-refractivity contribution in [3.05, 3.63) is 0 Å². The van der Waals surface area contributed by atoms with E-state index in [0.29, 0.717) is 0 Å². The minimum Gasteiger partial charge on any atom is -0.443 e. The average molecular weight is 77.0 g/mol. The van der Waals surface area contributed by atoms with Gasteiger partial charge in [0, 0.05) is 0 Å². The molecule has 4 heteroatoms. The van der Waals surface area contributed by atoms with Gasteiger partial charge in [0.25, 0.3) is 6.26 Å². The molecule has 0 spiro atoms. The molecule has 0 fully saturated rings. The molecule has 0 aliphatic rings. The highest BCUT2D eigenvalue weighted by molar-refractivity contribution is 4.30. The van der Waals surface area contributed by atoms with E-state index in [1.54, 1.807) is 0 Å². The van der Waals surface area contributed by atoms with E-state index in [1.165, 1.54) is 0 Å². The van der Waals surface area contributed by atoms with E-state index in [2.05, 4.69) is 0 Å². The van der Waals surface area contributed by atoms with Crippen LogP contribution in [-0.4, -0.2) is 15.6 Å². The number of rotatable bonds is 0. The van der Waals surface area contributed by atoms with Crippen LogP contribution in [0.15, 0.2) is 0 Å². The molecule has 0 aromatic carbocycles. The minimum atomic E-state index is 0.750. The van der Waals surface area contributed by atoms with E-state index in [0.717, 1.165) is 6.26 Å². The van der Waals surface area contributed by atoms with Crippen LogP contribution < -0.4 is 0 Å². The number of nitriles is 1. The minimum absolute atomic E-state index is 0.750. The number of nitrogens with zero attached hydrogens (tertiary/aromatic N) is 1. The summed E-state index contributed by atoms with van der Waals surface area (Å²) in [6, 6.07) is 0. The number of hydrogen-bond acceptors (Lipinski definition) is 4. The summed E-state index contributed by atoms with van der Waals surface area (Å²) >= 11 is 0. The smallest absolute Gasteiger partial charge is 0.283 e. The maximum atomic E-state index is 6.88. The van der Waals surface area contributed by atoms with Crippen LogP contribution >= 0.6 is 0 Å². The average Bonchev–Trinajstić information content (AvgIpc) is 1.46. The highest BCUT2D eigenvalue weighted by atomic mass is 17.0. The van der Waals surface area contributed by atoms with Gasteiger partial charge in [-0.25, -0.2) is 0 Å². The third-order valence-electron chi connectivity index (χ3n) is 0. The van der Waals surface area contributed by atoms with Gasteiger partial charge in [0.05, 0.1) is 0 Å². The molecule has 0 aromatic rings. The van der Waals surface area contributed by atoms with Gasteiger partial charge in [-0.15, -0.1) is 0 Å². The normalized spacial score (nSPS) is 2.60. The van der Waals surface area contributed by atoms with Crippen molar-refractivity contribution in [2.75, 3.05) is 0 Å². The molecule has 5 heavy (non-hydrogen) atoms. The van der Waals surface area contributed by atoms with E-state index in [1.807, 2.05) is 0 Å². The summed E-state index contributed by atoms with van der Waals surface area (Å²) in [6.45, 7) is 0. The van der Waals surface area contributed by atoms with Gasteiger partial charge < -0.3 is 5.11 Å². The maximum absolute atomic E-state index is 6.88. The van der Waals surface area contributed by atoms with Crippen molar-refractivity contribution in [1.82, 2.24) is 0 Å². The zero-order valence-corrected chi connectivity index (χ0v) is 2.29. The Hall–Kier alpha value is -0.790. The molecule has 0 radical (unpaired) electrons.